The number of carboxylic acids is 3. The Morgan fingerprint density at radius 2 is 0.917 bits per heavy atom. The molecule has 0 saturated carbocycles. The van der Waals surface area contributed by atoms with E-state index in [9.17, 15) is 14.4 Å². The predicted molar refractivity (Wildman–Crippen MR) is 87.2 cm³/mol. The van der Waals surface area contributed by atoms with Gasteiger partial charge in [-0.05, 0) is 0 Å². The van der Waals surface area contributed by atoms with E-state index in [4.69, 9.17) is 39.7 Å². The molecule has 24 heavy (non-hydrogen) atoms. The van der Waals surface area contributed by atoms with Crippen LogP contribution in [0.5, 0.6) is 0 Å². The molecule has 18 heteroatoms. The Kier molecular flexibility index (Phi) is 49.1. The van der Waals surface area contributed by atoms with Crippen molar-refractivity contribution >= 4 is 144 Å². The van der Waals surface area contributed by atoms with Crippen LogP contribution in [0, 0.1) is 0 Å². The molecule has 0 atom stereocenters. The van der Waals surface area contributed by atoms with Crippen molar-refractivity contribution in [3.05, 3.63) is 0 Å². The van der Waals surface area contributed by atoms with Gasteiger partial charge >= 0.3 is 144 Å². The van der Waals surface area contributed by atoms with Crippen LogP contribution >= 0.6 is 7.82 Å². The Bertz CT molecular complexity index is 360. The van der Waals surface area contributed by atoms with Crippen LogP contribution in [0.2, 0.25) is 0 Å². The molecule has 0 spiro atoms. The van der Waals surface area contributed by atoms with Crippen molar-refractivity contribution in [2.75, 3.05) is 0 Å². The van der Waals surface area contributed by atoms with Gasteiger partial charge in [-0.1, -0.05) is 0 Å². The first-order valence-electron chi connectivity index (χ1n) is 3.95. The normalized spacial score (nSPS) is 8.33. The fourth-order valence-electron chi connectivity index (χ4n) is 0.714. The molecular formula is C6H19Na4O13P. The molecule has 0 amide bonds. The molecule has 0 aliphatic rings. The topological polar surface area (TPSA) is 273 Å². The number of phosphoric acid groups is 1. The summed E-state index contributed by atoms with van der Waals surface area (Å²) in [4.78, 5) is 52.0. The average molecular weight is 422 g/mol. The van der Waals surface area contributed by atoms with Crippen molar-refractivity contribution in [2.24, 2.45) is 0 Å². The van der Waals surface area contributed by atoms with Crippen LogP contribution in [0.25, 0.3) is 0 Å². The van der Waals surface area contributed by atoms with Crippen LogP contribution in [0.4, 0.5) is 0 Å². The Labute approximate surface area is 224 Å². The zero-order chi connectivity index (χ0) is 15.1. The number of carbonyl (C=O) groups is 3. The number of hydrogen-bond acceptors (Lipinski definition) is 5. The van der Waals surface area contributed by atoms with Gasteiger partial charge < -0.3 is 46.1 Å². The molecule has 0 bridgehead atoms. The van der Waals surface area contributed by atoms with Crippen LogP contribution < -0.4 is 0 Å². The number of aliphatic hydroxyl groups is 1. The van der Waals surface area contributed by atoms with Crippen LogP contribution in [-0.2, 0) is 18.9 Å². The van der Waals surface area contributed by atoms with E-state index < -0.39 is 44.2 Å². The number of carboxylic acid groups (broad SMARTS) is 3. The third-order valence-electron chi connectivity index (χ3n) is 1.29. The van der Waals surface area contributed by atoms with Gasteiger partial charge in [0.15, 0.2) is 5.60 Å². The molecule has 0 saturated heterocycles. The summed E-state index contributed by atoms with van der Waals surface area (Å²) in [5, 5.41) is 33.8. The van der Waals surface area contributed by atoms with Crippen molar-refractivity contribution in [3.8, 4) is 0 Å². The van der Waals surface area contributed by atoms with Gasteiger partial charge in [-0.15, -0.1) is 0 Å². The minimum absolute atomic E-state index is 0. The first-order chi connectivity index (χ1) is 7.78. The maximum atomic E-state index is 10.3. The van der Waals surface area contributed by atoms with E-state index in [2.05, 4.69) is 0 Å². The molecule has 13 nitrogen and oxygen atoms in total. The van der Waals surface area contributed by atoms with Crippen molar-refractivity contribution in [3.63, 3.8) is 0 Å². The average Bonchev–Trinajstić information content (AvgIpc) is 1.95. The van der Waals surface area contributed by atoms with E-state index in [1.807, 2.05) is 0 Å². The van der Waals surface area contributed by atoms with Gasteiger partial charge in [-0.2, -0.15) is 0 Å². The molecule has 0 aliphatic heterocycles. The van der Waals surface area contributed by atoms with Gasteiger partial charge in [0.2, 0.25) is 0 Å². The summed E-state index contributed by atoms with van der Waals surface area (Å²) in [5.74, 6) is -5.02. The van der Waals surface area contributed by atoms with Crippen molar-refractivity contribution < 1.29 is 65.0 Å². The second-order valence-electron chi connectivity index (χ2n) is 2.99. The third-order valence-corrected chi connectivity index (χ3v) is 1.29. The summed E-state index contributed by atoms with van der Waals surface area (Å²) in [7, 11) is -4.64. The summed E-state index contributed by atoms with van der Waals surface area (Å²) in [6.07, 6.45) is -2.29. The minimum atomic E-state index is -4.64. The van der Waals surface area contributed by atoms with Crippen molar-refractivity contribution in [1.29, 1.82) is 0 Å². The van der Waals surface area contributed by atoms with Gasteiger partial charge in [0, 0.05) is 0 Å². The first kappa shape index (κ1) is 50.3. The van der Waals surface area contributed by atoms with Gasteiger partial charge in [-0.3, -0.25) is 9.59 Å². The fraction of sp³-hybridized carbons (Fsp3) is 0.500. The molecule has 0 aliphatic carbocycles. The molecule has 0 aromatic carbocycles. The molecule has 0 heterocycles. The number of rotatable bonds is 5. The fourth-order valence-corrected chi connectivity index (χ4v) is 0.714. The third kappa shape index (κ3) is 39.5. The molecule has 11 N–H and O–H groups in total. The van der Waals surface area contributed by atoms with Gasteiger partial charge in [-0.25, -0.2) is 9.36 Å². The van der Waals surface area contributed by atoms with E-state index >= 15 is 0 Å². The summed E-state index contributed by atoms with van der Waals surface area (Å²) in [6.45, 7) is 0. The molecule has 0 aromatic heterocycles. The van der Waals surface area contributed by atoms with E-state index in [1.165, 1.54) is 0 Å². The van der Waals surface area contributed by atoms with Gasteiger partial charge in [0.25, 0.3) is 0 Å². The molecule has 0 rings (SSSR count). The maximum absolute atomic E-state index is 10.3. The van der Waals surface area contributed by atoms with Crippen molar-refractivity contribution in [1.82, 2.24) is 0 Å². The first-order valence-corrected chi connectivity index (χ1v) is 5.52. The van der Waals surface area contributed by atoms with Gasteiger partial charge in [0.1, 0.15) is 0 Å². The van der Waals surface area contributed by atoms with Crippen LogP contribution in [-0.4, -0.2) is 188 Å². The van der Waals surface area contributed by atoms with Crippen LogP contribution in [0.3, 0.4) is 0 Å². The van der Waals surface area contributed by atoms with E-state index in [1.54, 1.807) is 0 Å². The summed E-state index contributed by atoms with van der Waals surface area (Å²) < 4.78 is 8.88. The second-order valence-corrected chi connectivity index (χ2v) is 4.02. The zero-order valence-corrected chi connectivity index (χ0v) is 10.5. The monoisotopic (exact) mass is 422 g/mol. The molecule has 0 aromatic rings. The predicted octanol–water partition coefficient (Wildman–Crippen LogP) is -6.42. The molecule has 0 radical (unpaired) electrons. The Morgan fingerprint density at radius 3 is 1.00 bits per heavy atom. The summed E-state index contributed by atoms with van der Waals surface area (Å²) in [6, 6.07) is 0. The molecular weight excluding hydrogens is 403 g/mol. The number of hydrogen-bond donors (Lipinski definition) is 7. The Balaban J connectivity index is -0.0000000347. The van der Waals surface area contributed by atoms with Crippen LogP contribution in [0.15, 0.2) is 0 Å². The van der Waals surface area contributed by atoms with Crippen LogP contribution in [0.1, 0.15) is 12.8 Å². The van der Waals surface area contributed by atoms with Gasteiger partial charge in [0.05, 0.1) is 12.8 Å². The van der Waals surface area contributed by atoms with E-state index in [0.29, 0.717) is 0 Å². The number of aliphatic carboxylic acids is 3. The molecule has 0 unspecified atom stereocenters. The standard InChI is InChI=1S/C6H8O7.4Na.H3O4P.2H2O.4H/c7-3(8)1-6(13,5(11)12)2-4(9)10;;;;;1-5(2,3)4;;;;;;/h13H,1-2H2,(H,7,8)(H,9,10)(H,11,12);;;;;(H3,1,2,3,4);2*1H2;;;;. The summed E-state index contributed by atoms with van der Waals surface area (Å²) >= 11 is 0. The zero-order valence-electron chi connectivity index (χ0n) is 9.62. The van der Waals surface area contributed by atoms with E-state index in [-0.39, 0.29) is 129 Å². The second kappa shape index (κ2) is 23.4. The Hall–Kier alpha value is 2.40. The van der Waals surface area contributed by atoms with E-state index in [0.717, 1.165) is 0 Å². The Morgan fingerprint density at radius 1 is 0.750 bits per heavy atom. The molecule has 0 fully saturated rings. The summed E-state index contributed by atoms with van der Waals surface area (Å²) in [5.41, 5.74) is -2.74. The molecule has 130 valence electrons. The van der Waals surface area contributed by atoms with Crippen molar-refractivity contribution in [2.45, 2.75) is 18.4 Å². The SMILES string of the molecule is O.O.O=C(O)CC(O)(CC(=O)O)C(=O)O.O=P(O)(O)O.[NaH].[NaH].[NaH].[NaH]. The quantitative estimate of drug-likeness (QED) is 0.162.